The van der Waals surface area contributed by atoms with Gasteiger partial charge >= 0.3 is 6.18 Å². The summed E-state index contributed by atoms with van der Waals surface area (Å²) in [4.78, 5) is 5.59. The molecule has 1 aromatic heterocycles. The molecule has 1 aromatic rings. The van der Waals surface area contributed by atoms with Crippen molar-refractivity contribution in [3.05, 3.63) is 10.7 Å². The Bertz CT molecular complexity index is 402. The monoisotopic (exact) mass is 265 g/mol. The minimum atomic E-state index is -4.34. The molecule has 0 saturated carbocycles. The molecular formula is C10H14F3N3S. The molecule has 0 radical (unpaired) electrons. The summed E-state index contributed by atoms with van der Waals surface area (Å²) in [5, 5.41) is 3.15. The first kappa shape index (κ1) is 12.6. The van der Waals surface area contributed by atoms with Gasteiger partial charge in [-0.1, -0.05) is 11.3 Å². The van der Waals surface area contributed by atoms with E-state index in [2.05, 4.69) is 10.3 Å². The highest BCUT2D eigenvalue weighted by molar-refractivity contribution is 7.16. The molecule has 1 fully saturated rings. The Hall–Kier alpha value is -0.820. The number of piperazine rings is 1. The summed E-state index contributed by atoms with van der Waals surface area (Å²) in [6.07, 6.45) is -4.34. The van der Waals surface area contributed by atoms with Crippen LogP contribution in [-0.4, -0.2) is 30.7 Å². The van der Waals surface area contributed by atoms with Crippen LogP contribution in [0.4, 0.5) is 18.2 Å². The molecule has 1 unspecified atom stereocenters. The summed E-state index contributed by atoms with van der Waals surface area (Å²) in [5.74, 6) is 0. The fourth-order valence-corrected chi connectivity index (χ4v) is 2.89. The molecule has 17 heavy (non-hydrogen) atoms. The van der Waals surface area contributed by atoms with E-state index in [1.807, 2.05) is 11.8 Å². The van der Waals surface area contributed by atoms with Crippen molar-refractivity contribution in [2.75, 3.05) is 24.5 Å². The Kier molecular flexibility index (Phi) is 3.31. The number of aryl methyl sites for hydroxylation is 1. The number of anilines is 1. The number of rotatable bonds is 1. The van der Waals surface area contributed by atoms with Gasteiger partial charge in [0.05, 0.1) is 5.69 Å². The maximum atomic E-state index is 12.5. The minimum absolute atomic E-state index is 0.291. The lowest BCUT2D eigenvalue weighted by Crippen LogP contribution is -2.49. The normalized spacial score (nSPS) is 21.9. The van der Waals surface area contributed by atoms with Gasteiger partial charge in [-0.3, -0.25) is 0 Å². The van der Waals surface area contributed by atoms with Crippen LogP contribution >= 0.6 is 11.3 Å². The van der Waals surface area contributed by atoms with Crippen LogP contribution in [0.5, 0.6) is 0 Å². The summed E-state index contributed by atoms with van der Waals surface area (Å²) >= 11 is 0.737. The average Bonchev–Trinajstić information content (AvgIpc) is 2.60. The summed E-state index contributed by atoms with van der Waals surface area (Å²) in [6, 6.07) is 0.291. The van der Waals surface area contributed by atoms with Crippen molar-refractivity contribution in [1.29, 1.82) is 0 Å². The van der Waals surface area contributed by atoms with Crippen molar-refractivity contribution in [2.45, 2.75) is 26.1 Å². The van der Waals surface area contributed by atoms with Crippen molar-refractivity contribution in [1.82, 2.24) is 10.3 Å². The predicted molar refractivity (Wildman–Crippen MR) is 61.5 cm³/mol. The minimum Gasteiger partial charge on any atom is -0.359 e. The Balaban J connectivity index is 2.23. The lowest BCUT2D eigenvalue weighted by Gasteiger charge is -2.32. The molecule has 7 heteroatoms. The van der Waals surface area contributed by atoms with Gasteiger partial charge in [0.2, 0.25) is 0 Å². The highest BCUT2D eigenvalue weighted by Gasteiger charge is 2.36. The molecule has 96 valence electrons. The Morgan fingerprint density at radius 2 is 2.18 bits per heavy atom. The molecule has 0 amide bonds. The molecule has 1 saturated heterocycles. The molecule has 1 aliphatic heterocycles. The van der Waals surface area contributed by atoms with E-state index in [-0.39, 0.29) is 0 Å². The first-order valence-electron chi connectivity index (χ1n) is 5.41. The van der Waals surface area contributed by atoms with E-state index in [0.29, 0.717) is 16.7 Å². The largest absolute Gasteiger partial charge is 0.443 e. The molecule has 1 N–H and O–H groups in total. The van der Waals surface area contributed by atoms with Crippen molar-refractivity contribution in [3.8, 4) is 0 Å². The van der Waals surface area contributed by atoms with E-state index < -0.39 is 11.2 Å². The van der Waals surface area contributed by atoms with Crippen LogP contribution in [0.15, 0.2) is 0 Å². The van der Waals surface area contributed by atoms with E-state index in [0.717, 1.165) is 31.0 Å². The fourth-order valence-electron chi connectivity index (χ4n) is 1.92. The van der Waals surface area contributed by atoms with Crippen LogP contribution in [0, 0.1) is 6.92 Å². The predicted octanol–water partition coefficient (Wildman–Crippen LogP) is 2.27. The van der Waals surface area contributed by atoms with Gasteiger partial charge in [-0.2, -0.15) is 13.2 Å². The lowest BCUT2D eigenvalue weighted by molar-refractivity contribution is -0.137. The number of thiazole rings is 1. The summed E-state index contributed by atoms with van der Waals surface area (Å²) in [5.41, 5.74) is 0.469. The van der Waals surface area contributed by atoms with E-state index in [9.17, 15) is 13.2 Å². The van der Waals surface area contributed by atoms with Gasteiger partial charge in [-0.25, -0.2) is 4.98 Å². The van der Waals surface area contributed by atoms with Crippen molar-refractivity contribution in [3.63, 3.8) is 0 Å². The van der Waals surface area contributed by atoms with Crippen LogP contribution in [-0.2, 0) is 6.18 Å². The molecule has 0 spiro atoms. The first-order valence-corrected chi connectivity index (χ1v) is 6.22. The number of aromatic nitrogens is 1. The first-order chi connectivity index (χ1) is 7.88. The summed E-state index contributed by atoms with van der Waals surface area (Å²) < 4.78 is 37.6. The van der Waals surface area contributed by atoms with E-state index in [4.69, 9.17) is 0 Å². The van der Waals surface area contributed by atoms with Gasteiger partial charge in [0, 0.05) is 25.7 Å². The van der Waals surface area contributed by atoms with Crippen LogP contribution in [0.3, 0.4) is 0 Å². The molecule has 0 bridgehead atoms. The van der Waals surface area contributed by atoms with Crippen molar-refractivity contribution in [2.24, 2.45) is 0 Å². The molecule has 2 rings (SSSR count). The third-order valence-corrected chi connectivity index (χ3v) is 3.93. The fraction of sp³-hybridized carbons (Fsp3) is 0.700. The highest BCUT2D eigenvalue weighted by atomic mass is 32.1. The Morgan fingerprint density at radius 1 is 1.47 bits per heavy atom. The van der Waals surface area contributed by atoms with Gasteiger partial charge in [-0.15, -0.1) is 0 Å². The number of nitrogens with one attached hydrogen (secondary N) is 1. The van der Waals surface area contributed by atoms with Crippen LogP contribution in [0.2, 0.25) is 0 Å². The topological polar surface area (TPSA) is 28.2 Å². The second-order valence-electron chi connectivity index (χ2n) is 4.21. The molecule has 3 nitrogen and oxygen atoms in total. The van der Waals surface area contributed by atoms with E-state index >= 15 is 0 Å². The molecular weight excluding hydrogens is 251 g/mol. The lowest BCUT2D eigenvalue weighted by atomic mass is 10.2. The number of nitrogens with zero attached hydrogens (tertiary/aromatic N) is 2. The second kappa shape index (κ2) is 4.45. The van der Waals surface area contributed by atoms with Crippen LogP contribution < -0.4 is 10.2 Å². The Morgan fingerprint density at radius 3 is 2.71 bits per heavy atom. The van der Waals surface area contributed by atoms with Gasteiger partial charge in [0.1, 0.15) is 5.00 Å². The molecule has 0 aromatic carbocycles. The average molecular weight is 265 g/mol. The number of hydrogen-bond acceptors (Lipinski definition) is 4. The second-order valence-corrected chi connectivity index (χ2v) is 5.19. The molecule has 0 aliphatic carbocycles. The van der Waals surface area contributed by atoms with Gasteiger partial charge in [0.25, 0.3) is 0 Å². The molecule has 2 heterocycles. The van der Waals surface area contributed by atoms with E-state index in [1.54, 1.807) is 6.92 Å². The van der Waals surface area contributed by atoms with Crippen LogP contribution in [0.1, 0.15) is 17.6 Å². The van der Waals surface area contributed by atoms with Crippen molar-refractivity contribution < 1.29 is 13.2 Å². The van der Waals surface area contributed by atoms with Crippen LogP contribution in [0.25, 0.3) is 0 Å². The van der Waals surface area contributed by atoms with E-state index in [1.165, 1.54) is 0 Å². The summed E-state index contributed by atoms with van der Waals surface area (Å²) in [7, 11) is 0. The number of alkyl halides is 3. The molecule has 1 aliphatic rings. The maximum absolute atomic E-state index is 12.5. The zero-order valence-corrected chi connectivity index (χ0v) is 10.5. The highest BCUT2D eigenvalue weighted by Crippen LogP contribution is 2.38. The molecule has 1 atom stereocenters. The quantitative estimate of drug-likeness (QED) is 0.844. The standard InChI is InChI=1S/C10H14F3N3S/c1-6-5-16(4-3-14-6)8-7(2)15-9(17-8)10(11,12)13/h6,14H,3-5H2,1-2H3. The van der Waals surface area contributed by atoms with Gasteiger partial charge < -0.3 is 10.2 Å². The van der Waals surface area contributed by atoms with Crippen molar-refractivity contribution >= 4 is 16.3 Å². The zero-order chi connectivity index (χ0) is 12.6. The number of halogens is 3. The Labute approximate surface area is 102 Å². The third-order valence-electron chi connectivity index (χ3n) is 2.67. The smallest absolute Gasteiger partial charge is 0.359 e. The number of hydrogen-bond donors (Lipinski definition) is 1. The zero-order valence-electron chi connectivity index (χ0n) is 9.64. The third kappa shape index (κ3) is 2.71. The van der Waals surface area contributed by atoms with Gasteiger partial charge in [-0.05, 0) is 13.8 Å². The summed E-state index contributed by atoms with van der Waals surface area (Å²) in [6.45, 7) is 5.89. The SMILES string of the molecule is Cc1nc(C(F)(F)F)sc1N1CCNC(C)C1. The maximum Gasteiger partial charge on any atom is 0.443 e. The van der Waals surface area contributed by atoms with Gasteiger partial charge in [0.15, 0.2) is 5.01 Å².